The average molecular weight is 502 g/mol. The summed E-state index contributed by atoms with van der Waals surface area (Å²) < 4.78 is 15.7. The number of anilines is 1. The monoisotopic (exact) mass is 501 g/mol. The second-order valence-electron chi connectivity index (χ2n) is 9.56. The molecule has 1 aliphatic heterocycles. The maximum absolute atomic E-state index is 13.5. The van der Waals surface area contributed by atoms with Crippen molar-refractivity contribution < 1.29 is 14.0 Å². The minimum absolute atomic E-state index is 0.0128. The predicted octanol–water partition coefficient (Wildman–Crippen LogP) is 5.29. The van der Waals surface area contributed by atoms with Crippen molar-refractivity contribution in [3.8, 4) is 10.4 Å². The van der Waals surface area contributed by atoms with Gasteiger partial charge in [0, 0.05) is 36.3 Å². The molecule has 1 saturated carbocycles. The highest BCUT2D eigenvalue weighted by Gasteiger charge is 2.50. The first-order chi connectivity index (χ1) is 17.4. The van der Waals surface area contributed by atoms with Crippen molar-refractivity contribution in [2.45, 2.75) is 25.3 Å². The van der Waals surface area contributed by atoms with Crippen molar-refractivity contribution in [3.05, 3.63) is 78.2 Å². The molecule has 2 aliphatic rings. The summed E-state index contributed by atoms with van der Waals surface area (Å²) in [6.07, 6.45) is 5.62. The molecule has 0 atom stereocenters. The molecule has 1 aliphatic carbocycles. The van der Waals surface area contributed by atoms with Gasteiger partial charge in [0.2, 0.25) is 17.8 Å². The topological polar surface area (TPSA) is 80.1 Å². The van der Waals surface area contributed by atoms with Crippen LogP contribution in [0.25, 0.3) is 21.5 Å². The van der Waals surface area contributed by atoms with E-state index in [1.807, 2.05) is 35.2 Å². The van der Waals surface area contributed by atoms with Crippen LogP contribution in [0.2, 0.25) is 0 Å². The number of halogens is 1. The number of pyridine rings is 1. The Hall–Kier alpha value is -3.85. The number of rotatable bonds is 5. The van der Waals surface area contributed by atoms with Crippen LogP contribution in [-0.2, 0) is 4.79 Å². The number of para-hydroxylation sites is 2. The minimum Gasteiger partial charge on any atom is -0.339 e. The molecular formula is C27H24FN5O2S. The standard InChI is InChI=1S/C27H24FN5O2S/c1-2-24(34)32-12-10-27(16-32)14-18(15-27)33-20-6-4-3-5-19(20)30-26(33)31-25(35)22-8-7-21(36-22)17-9-11-29-23(28)13-17/h2-9,11,13,18H,1,10,12,14-16H2,(H,30,31,35). The number of carbonyl (C=O) groups is 2. The fourth-order valence-corrected chi connectivity index (χ4v) is 6.44. The van der Waals surface area contributed by atoms with Gasteiger partial charge in [0.15, 0.2) is 0 Å². The van der Waals surface area contributed by atoms with Gasteiger partial charge < -0.3 is 9.47 Å². The first-order valence-corrected chi connectivity index (χ1v) is 12.7. The molecule has 3 aromatic heterocycles. The minimum atomic E-state index is -0.557. The van der Waals surface area contributed by atoms with Crippen LogP contribution in [0.4, 0.5) is 10.3 Å². The van der Waals surface area contributed by atoms with Crippen LogP contribution in [-0.4, -0.2) is 44.3 Å². The molecule has 7 nitrogen and oxygen atoms in total. The summed E-state index contributed by atoms with van der Waals surface area (Å²) >= 11 is 1.29. The van der Waals surface area contributed by atoms with E-state index in [4.69, 9.17) is 4.98 Å². The van der Waals surface area contributed by atoms with Gasteiger partial charge >= 0.3 is 0 Å². The Morgan fingerprint density at radius 2 is 2.03 bits per heavy atom. The Morgan fingerprint density at radius 3 is 2.83 bits per heavy atom. The molecule has 182 valence electrons. The van der Waals surface area contributed by atoms with Gasteiger partial charge in [-0.05, 0) is 66.6 Å². The Kier molecular flexibility index (Phi) is 5.44. The SMILES string of the molecule is C=CC(=O)N1CCC2(CC(n3c(NC(=O)c4ccc(-c5ccnc(F)c5)s4)nc4ccccc43)C2)C1. The molecule has 2 amide bonds. The zero-order chi connectivity index (χ0) is 24.9. The van der Waals surface area contributed by atoms with Crippen molar-refractivity contribution in [2.24, 2.45) is 5.41 Å². The van der Waals surface area contributed by atoms with Crippen molar-refractivity contribution in [2.75, 3.05) is 18.4 Å². The van der Waals surface area contributed by atoms with Crippen molar-refractivity contribution in [1.82, 2.24) is 19.4 Å². The molecule has 6 rings (SSSR count). The van der Waals surface area contributed by atoms with E-state index in [2.05, 4.69) is 21.4 Å². The second kappa shape index (κ2) is 8.67. The van der Waals surface area contributed by atoms with E-state index in [1.54, 1.807) is 12.1 Å². The summed E-state index contributed by atoms with van der Waals surface area (Å²) in [6.45, 7) is 5.11. The van der Waals surface area contributed by atoms with Crippen molar-refractivity contribution in [1.29, 1.82) is 0 Å². The lowest BCUT2D eigenvalue weighted by molar-refractivity contribution is -0.125. The first-order valence-electron chi connectivity index (χ1n) is 11.9. The Bertz CT molecular complexity index is 1500. The normalized spacial score (nSPS) is 21.0. The van der Waals surface area contributed by atoms with Crippen LogP contribution < -0.4 is 5.32 Å². The molecule has 1 spiro atoms. The summed E-state index contributed by atoms with van der Waals surface area (Å²) in [5.74, 6) is -0.308. The molecule has 0 bridgehead atoms. The number of hydrogen-bond acceptors (Lipinski definition) is 5. The third kappa shape index (κ3) is 3.89. The van der Waals surface area contributed by atoms with Crippen LogP contribution in [0.1, 0.15) is 35.0 Å². The lowest BCUT2D eigenvalue weighted by atomic mass is 9.65. The zero-order valence-corrected chi connectivity index (χ0v) is 20.3. The maximum Gasteiger partial charge on any atom is 0.268 e. The molecule has 1 N–H and O–H groups in total. The van der Waals surface area contributed by atoms with Crippen molar-refractivity contribution >= 4 is 40.1 Å². The molecule has 4 heterocycles. The molecule has 1 aromatic carbocycles. The lowest BCUT2D eigenvalue weighted by Crippen LogP contribution is -2.42. The van der Waals surface area contributed by atoms with Gasteiger partial charge in [-0.3, -0.25) is 14.9 Å². The van der Waals surface area contributed by atoms with E-state index >= 15 is 0 Å². The van der Waals surface area contributed by atoms with E-state index < -0.39 is 5.95 Å². The number of benzene rings is 1. The van der Waals surface area contributed by atoms with Gasteiger partial charge in [-0.1, -0.05) is 18.7 Å². The molecule has 4 aromatic rings. The molecule has 36 heavy (non-hydrogen) atoms. The molecule has 2 fully saturated rings. The highest BCUT2D eigenvalue weighted by Crippen LogP contribution is 2.55. The number of carbonyl (C=O) groups excluding carboxylic acids is 2. The summed E-state index contributed by atoms with van der Waals surface area (Å²) in [5.41, 5.74) is 2.59. The van der Waals surface area contributed by atoms with E-state index in [9.17, 15) is 14.0 Å². The highest BCUT2D eigenvalue weighted by molar-refractivity contribution is 7.17. The third-order valence-corrected chi connectivity index (χ3v) is 8.42. The quantitative estimate of drug-likeness (QED) is 0.298. The Labute approximate surface area is 211 Å². The second-order valence-corrected chi connectivity index (χ2v) is 10.6. The lowest BCUT2D eigenvalue weighted by Gasteiger charge is -2.46. The number of nitrogens with zero attached hydrogens (tertiary/aromatic N) is 4. The van der Waals surface area contributed by atoms with Gasteiger partial charge in [0.05, 0.1) is 15.9 Å². The van der Waals surface area contributed by atoms with Crippen LogP contribution >= 0.6 is 11.3 Å². The number of amides is 2. The Morgan fingerprint density at radius 1 is 1.19 bits per heavy atom. The summed E-state index contributed by atoms with van der Waals surface area (Å²) in [4.78, 5) is 36.8. The number of imidazole rings is 1. The first kappa shape index (κ1) is 22.6. The Balaban J connectivity index is 1.24. The van der Waals surface area contributed by atoms with E-state index in [0.29, 0.717) is 16.4 Å². The summed E-state index contributed by atoms with van der Waals surface area (Å²) in [7, 11) is 0. The van der Waals surface area contributed by atoms with Crippen LogP contribution in [0, 0.1) is 11.4 Å². The highest BCUT2D eigenvalue weighted by atomic mass is 32.1. The van der Waals surface area contributed by atoms with Gasteiger partial charge in [-0.25, -0.2) is 9.97 Å². The van der Waals surface area contributed by atoms with E-state index in [-0.39, 0.29) is 23.3 Å². The average Bonchev–Trinajstić information content (AvgIpc) is 3.59. The fourth-order valence-electron chi connectivity index (χ4n) is 5.54. The van der Waals surface area contributed by atoms with Crippen LogP contribution in [0.5, 0.6) is 0 Å². The molecule has 1 saturated heterocycles. The fraction of sp³-hybridized carbons (Fsp3) is 0.259. The van der Waals surface area contributed by atoms with E-state index in [0.717, 1.165) is 48.3 Å². The predicted molar refractivity (Wildman–Crippen MR) is 137 cm³/mol. The maximum atomic E-state index is 13.5. The number of fused-ring (bicyclic) bond motifs is 1. The molecule has 0 unspecified atom stereocenters. The van der Waals surface area contributed by atoms with Gasteiger partial charge in [-0.15, -0.1) is 11.3 Å². The summed E-state index contributed by atoms with van der Waals surface area (Å²) in [6, 6.07) is 14.7. The number of nitrogens with one attached hydrogen (secondary N) is 1. The van der Waals surface area contributed by atoms with Crippen LogP contribution in [0.15, 0.2) is 67.4 Å². The van der Waals surface area contributed by atoms with Gasteiger partial charge in [0.1, 0.15) is 0 Å². The third-order valence-electron chi connectivity index (χ3n) is 7.29. The number of aromatic nitrogens is 3. The number of hydrogen-bond donors (Lipinski definition) is 1. The molecular weight excluding hydrogens is 477 g/mol. The number of thiophene rings is 1. The van der Waals surface area contributed by atoms with Gasteiger partial charge in [-0.2, -0.15) is 4.39 Å². The van der Waals surface area contributed by atoms with Crippen molar-refractivity contribution in [3.63, 3.8) is 0 Å². The smallest absolute Gasteiger partial charge is 0.268 e. The number of likely N-dealkylation sites (tertiary alicyclic amines) is 1. The van der Waals surface area contributed by atoms with Gasteiger partial charge in [0.25, 0.3) is 5.91 Å². The molecule has 0 radical (unpaired) electrons. The zero-order valence-electron chi connectivity index (χ0n) is 19.5. The van der Waals surface area contributed by atoms with E-state index in [1.165, 1.54) is 29.7 Å². The summed E-state index contributed by atoms with van der Waals surface area (Å²) in [5, 5.41) is 3.02. The molecule has 9 heteroatoms. The van der Waals surface area contributed by atoms with Crippen LogP contribution in [0.3, 0.4) is 0 Å². The largest absolute Gasteiger partial charge is 0.339 e.